The minimum absolute atomic E-state index is 0.0204. The molecule has 4 heteroatoms. The van der Waals surface area contributed by atoms with Crippen molar-refractivity contribution in [1.29, 1.82) is 0 Å². The lowest BCUT2D eigenvalue weighted by atomic mass is 9.61. The molecule has 1 heterocycles. The van der Waals surface area contributed by atoms with Gasteiger partial charge in [0.25, 0.3) is 5.92 Å². The molecule has 0 amide bonds. The minimum Gasteiger partial charge on any atom is -0.313 e. The van der Waals surface area contributed by atoms with Gasteiger partial charge in [0.1, 0.15) is 0 Å². The summed E-state index contributed by atoms with van der Waals surface area (Å²) in [4.78, 5) is 1.77. The molecular weight excluding hydrogens is 186 g/mol. The van der Waals surface area contributed by atoms with Gasteiger partial charge >= 0.3 is 0 Å². The molecule has 0 aromatic heterocycles. The molecule has 2 fully saturated rings. The number of hydrogen-bond donors (Lipinski definition) is 1. The van der Waals surface area contributed by atoms with Crippen LogP contribution in [0.25, 0.3) is 0 Å². The van der Waals surface area contributed by atoms with Crippen molar-refractivity contribution >= 4 is 0 Å². The van der Waals surface area contributed by atoms with E-state index in [0.29, 0.717) is 6.54 Å². The van der Waals surface area contributed by atoms with Gasteiger partial charge in [-0.15, -0.1) is 0 Å². The molecule has 0 radical (unpaired) electrons. The summed E-state index contributed by atoms with van der Waals surface area (Å²) in [7, 11) is 0. The maximum atomic E-state index is 13.0. The number of halogens is 2. The quantitative estimate of drug-likeness (QED) is 0.705. The van der Waals surface area contributed by atoms with Crippen LogP contribution >= 0.6 is 0 Å². The maximum Gasteiger partial charge on any atom is 0.261 e. The Kier molecular flexibility index (Phi) is 1.96. The van der Waals surface area contributed by atoms with E-state index in [-0.39, 0.29) is 18.4 Å². The predicted octanol–water partition coefficient (Wildman–Crippen LogP) is 1.80. The van der Waals surface area contributed by atoms with E-state index >= 15 is 0 Å². The SMILES string of the molecule is CC1(C)CCC1(N)N1CCC(F)(F)C1. The highest BCUT2D eigenvalue weighted by molar-refractivity contribution is 5.08. The molecular formula is C10H18F2N2. The van der Waals surface area contributed by atoms with Gasteiger partial charge in [0.2, 0.25) is 0 Å². The molecule has 2 aliphatic rings. The van der Waals surface area contributed by atoms with Crippen LogP contribution in [-0.2, 0) is 0 Å². The predicted molar refractivity (Wildman–Crippen MR) is 51.1 cm³/mol. The average Bonchev–Trinajstić information content (AvgIpc) is 2.43. The van der Waals surface area contributed by atoms with Crippen molar-refractivity contribution in [3.8, 4) is 0 Å². The van der Waals surface area contributed by atoms with Gasteiger partial charge in [0.15, 0.2) is 0 Å². The van der Waals surface area contributed by atoms with Gasteiger partial charge in [0, 0.05) is 13.0 Å². The Morgan fingerprint density at radius 3 is 2.07 bits per heavy atom. The molecule has 1 atom stereocenters. The van der Waals surface area contributed by atoms with E-state index in [0.717, 1.165) is 12.8 Å². The monoisotopic (exact) mass is 204 g/mol. The summed E-state index contributed by atoms with van der Waals surface area (Å²) >= 11 is 0. The molecule has 2 nitrogen and oxygen atoms in total. The van der Waals surface area contributed by atoms with Gasteiger partial charge in [0.05, 0.1) is 12.2 Å². The largest absolute Gasteiger partial charge is 0.313 e. The second kappa shape index (κ2) is 2.67. The zero-order valence-corrected chi connectivity index (χ0v) is 8.82. The number of rotatable bonds is 1. The van der Waals surface area contributed by atoms with Crippen LogP contribution in [0.4, 0.5) is 8.78 Å². The summed E-state index contributed by atoms with van der Waals surface area (Å²) in [6.07, 6.45) is 1.84. The second-order valence-electron chi connectivity index (χ2n) is 5.34. The van der Waals surface area contributed by atoms with Crippen molar-refractivity contribution in [3.05, 3.63) is 0 Å². The lowest BCUT2D eigenvalue weighted by Gasteiger charge is -2.58. The van der Waals surface area contributed by atoms with Gasteiger partial charge in [-0.3, -0.25) is 4.90 Å². The second-order valence-corrected chi connectivity index (χ2v) is 5.34. The normalized spacial score (nSPS) is 40.9. The van der Waals surface area contributed by atoms with Crippen LogP contribution in [0.3, 0.4) is 0 Å². The van der Waals surface area contributed by atoms with E-state index < -0.39 is 11.6 Å². The first kappa shape index (κ1) is 10.3. The van der Waals surface area contributed by atoms with Crippen molar-refractivity contribution in [1.82, 2.24) is 4.90 Å². The summed E-state index contributed by atoms with van der Waals surface area (Å²) in [6, 6.07) is 0. The fourth-order valence-electron chi connectivity index (χ4n) is 2.54. The standard InChI is InChI=1S/C10H18F2N2/c1-8(2)3-4-10(8,13)14-6-5-9(11,12)7-14/h3-7,13H2,1-2H3. The van der Waals surface area contributed by atoms with Crippen molar-refractivity contribution in [2.24, 2.45) is 11.1 Å². The molecule has 1 aliphatic carbocycles. The summed E-state index contributed by atoms with van der Waals surface area (Å²) in [5, 5.41) is 0. The topological polar surface area (TPSA) is 29.3 Å². The fraction of sp³-hybridized carbons (Fsp3) is 1.00. The van der Waals surface area contributed by atoms with E-state index in [1.807, 2.05) is 0 Å². The first-order chi connectivity index (χ1) is 6.27. The number of alkyl halides is 2. The Labute approximate surface area is 83.4 Å². The van der Waals surface area contributed by atoms with Crippen LogP contribution in [0.5, 0.6) is 0 Å². The highest BCUT2D eigenvalue weighted by Gasteiger charge is 2.57. The van der Waals surface area contributed by atoms with Crippen LogP contribution in [0.1, 0.15) is 33.1 Å². The Morgan fingerprint density at radius 1 is 1.14 bits per heavy atom. The zero-order chi connectivity index (χ0) is 10.6. The summed E-state index contributed by atoms with van der Waals surface area (Å²) in [5.74, 6) is -2.53. The number of likely N-dealkylation sites (tertiary alicyclic amines) is 1. The smallest absolute Gasteiger partial charge is 0.261 e. The third-order valence-corrected chi connectivity index (χ3v) is 4.04. The molecule has 1 aliphatic heterocycles. The molecule has 0 bridgehead atoms. The van der Waals surface area contributed by atoms with Crippen molar-refractivity contribution in [2.45, 2.75) is 44.7 Å². The molecule has 82 valence electrons. The Bertz CT molecular complexity index is 253. The number of nitrogens with zero attached hydrogens (tertiary/aromatic N) is 1. The molecule has 0 aromatic carbocycles. The Morgan fingerprint density at radius 2 is 1.79 bits per heavy atom. The first-order valence-corrected chi connectivity index (χ1v) is 5.19. The summed E-state index contributed by atoms with van der Waals surface area (Å²) < 4.78 is 26.1. The van der Waals surface area contributed by atoms with Crippen LogP contribution in [-0.4, -0.2) is 29.6 Å². The van der Waals surface area contributed by atoms with Crippen LogP contribution in [0.15, 0.2) is 0 Å². The van der Waals surface area contributed by atoms with Gasteiger partial charge in [-0.2, -0.15) is 0 Å². The van der Waals surface area contributed by atoms with Crippen molar-refractivity contribution < 1.29 is 8.78 Å². The third kappa shape index (κ3) is 1.27. The lowest BCUT2D eigenvalue weighted by molar-refractivity contribution is -0.101. The van der Waals surface area contributed by atoms with Crippen LogP contribution in [0, 0.1) is 5.41 Å². The van der Waals surface area contributed by atoms with Gasteiger partial charge in [-0.25, -0.2) is 8.78 Å². The van der Waals surface area contributed by atoms with Gasteiger partial charge in [-0.05, 0) is 18.3 Å². The van der Waals surface area contributed by atoms with Crippen LogP contribution < -0.4 is 5.73 Å². The van der Waals surface area contributed by atoms with Crippen molar-refractivity contribution in [3.63, 3.8) is 0 Å². The molecule has 1 saturated heterocycles. The molecule has 2 N–H and O–H groups in total. The lowest BCUT2D eigenvalue weighted by Crippen LogP contribution is -2.70. The molecule has 1 unspecified atom stereocenters. The highest BCUT2D eigenvalue weighted by atomic mass is 19.3. The van der Waals surface area contributed by atoms with Gasteiger partial charge < -0.3 is 5.73 Å². The first-order valence-electron chi connectivity index (χ1n) is 5.19. The third-order valence-electron chi connectivity index (χ3n) is 4.04. The van der Waals surface area contributed by atoms with E-state index in [1.165, 1.54) is 0 Å². The minimum atomic E-state index is -2.53. The average molecular weight is 204 g/mol. The van der Waals surface area contributed by atoms with Crippen LogP contribution in [0.2, 0.25) is 0 Å². The summed E-state index contributed by atoms with van der Waals surface area (Å²) in [5.41, 5.74) is 5.69. The molecule has 14 heavy (non-hydrogen) atoms. The fourth-order valence-corrected chi connectivity index (χ4v) is 2.54. The van der Waals surface area contributed by atoms with E-state index in [9.17, 15) is 8.78 Å². The molecule has 0 aromatic rings. The summed E-state index contributed by atoms with van der Waals surface area (Å²) in [6.45, 7) is 4.40. The maximum absolute atomic E-state index is 13.0. The Balaban J connectivity index is 2.10. The zero-order valence-electron chi connectivity index (χ0n) is 8.82. The number of hydrogen-bond acceptors (Lipinski definition) is 2. The highest BCUT2D eigenvalue weighted by Crippen LogP contribution is 2.51. The van der Waals surface area contributed by atoms with E-state index in [1.54, 1.807) is 4.90 Å². The van der Waals surface area contributed by atoms with Crippen molar-refractivity contribution in [2.75, 3.05) is 13.1 Å². The molecule has 1 saturated carbocycles. The Hall–Kier alpha value is -0.220. The molecule has 0 spiro atoms. The van der Waals surface area contributed by atoms with Gasteiger partial charge in [-0.1, -0.05) is 13.8 Å². The molecule has 2 rings (SSSR count). The van der Waals surface area contributed by atoms with E-state index in [4.69, 9.17) is 5.73 Å². The van der Waals surface area contributed by atoms with E-state index in [2.05, 4.69) is 13.8 Å². The number of nitrogens with two attached hydrogens (primary N) is 1.